The van der Waals surface area contributed by atoms with E-state index in [1.54, 1.807) is 12.1 Å². The second-order valence-corrected chi connectivity index (χ2v) is 4.37. The standard InChI is InChI=1S/C13H19N3O2/c1-4-5-12(17)15-10-6-7-11(14-8-10)16-13(18)9(2)3/h6-9H,4-5H2,1-3H3,(H,15,17)(H,14,16,18). The molecule has 0 saturated carbocycles. The van der Waals surface area contributed by atoms with Crippen molar-refractivity contribution in [3.63, 3.8) is 0 Å². The van der Waals surface area contributed by atoms with Gasteiger partial charge in [0.1, 0.15) is 5.82 Å². The van der Waals surface area contributed by atoms with Gasteiger partial charge in [-0.3, -0.25) is 9.59 Å². The summed E-state index contributed by atoms with van der Waals surface area (Å²) in [6.45, 7) is 5.58. The first-order valence-corrected chi connectivity index (χ1v) is 6.09. The van der Waals surface area contributed by atoms with Crippen LogP contribution in [-0.2, 0) is 9.59 Å². The maximum atomic E-state index is 11.4. The van der Waals surface area contributed by atoms with E-state index in [1.165, 1.54) is 6.20 Å². The van der Waals surface area contributed by atoms with Gasteiger partial charge in [-0.25, -0.2) is 4.98 Å². The smallest absolute Gasteiger partial charge is 0.228 e. The molecule has 0 atom stereocenters. The van der Waals surface area contributed by atoms with Crippen LogP contribution in [0.15, 0.2) is 18.3 Å². The highest BCUT2D eigenvalue weighted by molar-refractivity contribution is 5.92. The fourth-order valence-electron chi connectivity index (χ4n) is 1.26. The monoisotopic (exact) mass is 249 g/mol. The number of hydrogen-bond acceptors (Lipinski definition) is 3. The number of hydrogen-bond donors (Lipinski definition) is 2. The Morgan fingerprint density at radius 3 is 2.50 bits per heavy atom. The number of amides is 2. The number of carbonyl (C=O) groups is 2. The third-order valence-electron chi connectivity index (χ3n) is 2.30. The summed E-state index contributed by atoms with van der Waals surface area (Å²) >= 11 is 0. The normalized spacial score (nSPS) is 10.2. The van der Waals surface area contributed by atoms with E-state index in [1.807, 2.05) is 20.8 Å². The first kappa shape index (κ1) is 14.2. The van der Waals surface area contributed by atoms with Gasteiger partial charge in [0.15, 0.2) is 0 Å². The minimum absolute atomic E-state index is 0.0294. The molecule has 1 heterocycles. The molecule has 0 unspecified atom stereocenters. The maximum absolute atomic E-state index is 11.4. The lowest BCUT2D eigenvalue weighted by atomic mass is 10.2. The molecule has 0 saturated heterocycles. The Bertz CT molecular complexity index is 413. The second-order valence-electron chi connectivity index (χ2n) is 4.37. The van der Waals surface area contributed by atoms with Gasteiger partial charge in [-0.2, -0.15) is 0 Å². The van der Waals surface area contributed by atoms with Crippen LogP contribution in [0.4, 0.5) is 11.5 Å². The molecule has 0 aliphatic rings. The van der Waals surface area contributed by atoms with Crippen LogP contribution in [0.25, 0.3) is 0 Å². The second kappa shape index (κ2) is 6.74. The van der Waals surface area contributed by atoms with E-state index in [0.717, 1.165) is 6.42 Å². The minimum Gasteiger partial charge on any atom is -0.325 e. The van der Waals surface area contributed by atoms with E-state index < -0.39 is 0 Å². The Kier molecular flexibility index (Phi) is 5.30. The number of anilines is 2. The average molecular weight is 249 g/mol. The molecular weight excluding hydrogens is 230 g/mol. The zero-order chi connectivity index (χ0) is 13.5. The number of pyridine rings is 1. The topological polar surface area (TPSA) is 71.1 Å². The molecule has 0 aliphatic heterocycles. The molecule has 1 aromatic heterocycles. The van der Waals surface area contributed by atoms with E-state index in [0.29, 0.717) is 17.9 Å². The molecule has 5 heteroatoms. The van der Waals surface area contributed by atoms with Crippen molar-refractivity contribution in [1.29, 1.82) is 0 Å². The Morgan fingerprint density at radius 1 is 1.28 bits per heavy atom. The van der Waals surface area contributed by atoms with Crippen molar-refractivity contribution in [2.24, 2.45) is 5.92 Å². The van der Waals surface area contributed by atoms with Crippen LogP contribution in [0.5, 0.6) is 0 Å². The predicted molar refractivity (Wildman–Crippen MR) is 71.2 cm³/mol. The predicted octanol–water partition coefficient (Wildman–Crippen LogP) is 2.41. The maximum Gasteiger partial charge on any atom is 0.228 e. The molecular formula is C13H19N3O2. The van der Waals surface area contributed by atoms with Crippen molar-refractivity contribution < 1.29 is 9.59 Å². The van der Waals surface area contributed by atoms with Gasteiger partial charge in [0.25, 0.3) is 0 Å². The third-order valence-corrected chi connectivity index (χ3v) is 2.30. The van der Waals surface area contributed by atoms with Gasteiger partial charge in [0, 0.05) is 12.3 Å². The van der Waals surface area contributed by atoms with E-state index in [9.17, 15) is 9.59 Å². The first-order chi connectivity index (χ1) is 8.52. The van der Waals surface area contributed by atoms with Crippen LogP contribution in [0.3, 0.4) is 0 Å². The molecule has 0 bridgehead atoms. The van der Waals surface area contributed by atoms with Crippen LogP contribution < -0.4 is 10.6 Å². The number of nitrogens with one attached hydrogen (secondary N) is 2. The quantitative estimate of drug-likeness (QED) is 0.841. The average Bonchev–Trinajstić information content (AvgIpc) is 2.31. The molecule has 0 fully saturated rings. The van der Waals surface area contributed by atoms with Crippen molar-refractivity contribution in [1.82, 2.24) is 4.98 Å². The van der Waals surface area contributed by atoms with E-state index >= 15 is 0 Å². The number of rotatable bonds is 5. The zero-order valence-corrected chi connectivity index (χ0v) is 11.0. The molecule has 5 nitrogen and oxygen atoms in total. The summed E-state index contributed by atoms with van der Waals surface area (Å²) in [5.41, 5.74) is 0.635. The fourth-order valence-corrected chi connectivity index (χ4v) is 1.26. The summed E-state index contributed by atoms with van der Waals surface area (Å²) in [6.07, 6.45) is 2.83. The highest BCUT2D eigenvalue weighted by atomic mass is 16.2. The van der Waals surface area contributed by atoms with Crippen LogP contribution >= 0.6 is 0 Å². The minimum atomic E-state index is -0.0873. The number of nitrogens with zero attached hydrogens (tertiary/aromatic N) is 1. The molecule has 98 valence electrons. The Balaban J connectivity index is 2.57. The largest absolute Gasteiger partial charge is 0.325 e. The van der Waals surface area contributed by atoms with Gasteiger partial charge in [-0.15, -0.1) is 0 Å². The van der Waals surface area contributed by atoms with Crippen molar-refractivity contribution in [2.45, 2.75) is 33.6 Å². The summed E-state index contributed by atoms with van der Waals surface area (Å²) in [4.78, 5) is 26.9. The Hall–Kier alpha value is -1.91. The highest BCUT2D eigenvalue weighted by Gasteiger charge is 2.07. The molecule has 2 amide bonds. The third kappa shape index (κ3) is 4.53. The van der Waals surface area contributed by atoms with Crippen molar-refractivity contribution in [3.8, 4) is 0 Å². The van der Waals surface area contributed by atoms with Gasteiger partial charge in [-0.05, 0) is 18.6 Å². The lowest BCUT2D eigenvalue weighted by Gasteiger charge is -2.08. The number of carbonyl (C=O) groups excluding carboxylic acids is 2. The van der Waals surface area contributed by atoms with E-state index in [4.69, 9.17) is 0 Å². The van der Waals surface area contributed by atoms with Gasteiger partial charge >= 0.3 is 0 Å². The highest BCUT2D eigenvalue weighted by Crippen LogP contribution is 2.11. The molecule has 18 heavy (non-hydrogen) atoms. The molecule has 0 spiro atoms. The van der Waals surface area contributed by atoms with E-state index in [2.05, 4.69) is 15.6 Å². The van der Waals surface area contributed by atoms with Crippen molar-refractivity contribution >= 4 is 23.3 Å². The molecule has 0 aromatic carbocycles. The number of aromatic nitrogens is 1. The molecule has 0 aliphatic carbocycles. The summed E-state index contributed by atoms with van der Waals surface area (Å²) in [5.74, 6) is 0.293. The van der Waals surface area contributed by atoms with Crippen LogP contribution in [0.1, 0.15) is 33.6 Å². The molecule has 1 aromatic rings. The molecule has 0 radical (unpaired) electrons. The van der Waals surface area contributed by atoms with Crippen molar-refractivity contribution in [3.05, 3.63) is 18.3 Å². The van der Waals surface area contributed by atoms with E-state index in [-0.39, 0.29) is 17.7 Å². The van der Waals surface area contributed by atoms with Crippen LogP contribution in [0, 0.1) is 5.92 Å². The summed E-state index contributed by atoms with van der Waals surface area (Å²) < 4.78 is 0. The Morgan fingerprint density at radius 2 is 2.00 bits per heavy atom. The summed E-state index contributed by atoms with van der Waals surface area (Å²) in [5, 5.41) is 5.42. The first-order valence-electron chi connectivity index (χ1n) is 6.09. The SMILES string of the molecule is CCCC(=O)Nc1ccc(NC(=O)C(C)C)nc1. The lowest BCUT2D eigenvalue weighted by Crippen LogP contribution is -2.18. The lowest BCUT2D eigenvalue weighted by molar-refractivity contribution is -0.119. The van der Waals surface area contributed by atoms with Gasteiger partial charge in [0.05, 0.1) is 11.9 Å². The van der Waals surface area contributed by atoms with Crippen LogP contribution in [0.2, 0.25) is 0 Å². The zero-order valence-electron chi connectivity index (χ0n) is 11.0. The van der Waals surface area contributed by atoms with Crippen LogP contribution in [-0.4, -0.2) is 16.8 Å². The summed E-state index contributed by atoms with van der Waals surface area (Å²) in [6, 6.07) is 3.39. The summed E-state index contributed by atoms with van der Waals surface area (Å²) in [7, 11) is 0. The fraction of sp³-hybridized carbons (Fsp3) is 0.462. The van der Waals surface area contributed by atoms with Gasteiger partial charge < -0.3 is 10.6 Å². The molecule has 1 rings (SSSR count). The van der Waals surface area contributed by atoms with Gasteiger partial charge in [-0.1, -0.05) is 20.8 Å². The van der Waals surface area contributed by atoms with Gasteiger partial charge in [0.2, 0.25) is 11.8 Å². The van der Waals surface area contributed by atoms with Crippen molar-refractivity contribution in [2.75, 3.05) is 10.6 Å². The Labute approximate surface area is 107 Å². The molecule has 2 N–H and O–H groups in total.